The molecule has 1 aliphatic rings. The van der Waals surface area contributed by atoms with Crippen LogP contribution in [0.5, 0.6) is 0 Å². The molecule has 0 radical (unpaired) electrons. The SMILES string of the molecule is CC(NC(=O)C1CC(c2ccc(Br)cc2)NN1)c1nnc2ccccn12. The predicted octanol–water partition coefficient (Wildman–Crippen LogP) is 2.28. The summed E-state index contributed by atoms with van der Waals surface area (Å²) >= 11 is 3.44. The molecule has 7 nitrogen and oxygen atoms in total. The van der Waals surface area contributed by atoms with Crippen LogP contribution in [0, 0.1) is 0 Å². The van der Waals surface area contributed by atoms with Crippen LogP contribution >= 0.6 is 15.9 Å². The number of carbonyl (C=O) groups is 1. The number of nitrogens with one attached hydrogen (secondary N) is 3. The topological polar surface area (TPSA) is 83.4 Å². The highest BCUT2D eigenvalue weighted by atomic mass is 79.9. The van der Waals surface area contributed by atoms with Crippen LogP contribution in [0.15, 0.2) is 53.1 Å². The van der Waals surface area contributed by atoms with Crippen LogP contribution in [0.2, 0.25) is 0 Å². The number of hydrogen-bond acceptors (Lipinski definition) is 5. The second-order valence-corrected chi connectivity index (χ2v) is 7.31. The van der Waals surface area contributed by atoms with Gasteiger partial charge in [0.1, 0.15) is 6.04 Å². The minimum atomic E-state index is -0.301. The van der Waals surface area contributed by atoms with E-state index in [1.807, 2.05) is 47.9 Å². The van der Waals surface area contributed by atoms with Gasteiger partial charge in [-0.25, -0.2) is 10.9 Å². The number of fused-ring (bicyclic) bond motifs is 1. The van der Waals surface area contributed by atoms with Crippen molar-refractivity contribution < 1.29 is 4.79 Å². The van der Waals surface area contributed by atoms with Gasteiger partial charge in [0.15, 0.2) is 11.5 Å². The van der Waals surface area contributed by atoms with E-state index in [-0.39, 0.29) is 24.0 Å². The number of benzene rings is 1. The zero-order valence-corrected chi connectivity index (χ0v) is 15.8. The first-order chi connectivity index (χ1) is 12.6. The van der Waals surface area contributed by atoms with Gasteiger partial charge in [0.25, 0.3) is 0 Å². The van der Waals surface area contributed by atoms with Crippen molar-refractivity contribution >= 4 is 27.5 Å². The molecule has 1 amide bonds. The Balaban J connectivity index is 1.41. The maximum absolute atomic E-state index is 12.6. The molecule has 134 valence electrons. The molecule has 3 unspecified atom stereocenters. The Kier molecular flexibility index (Phi) is 4.71. The highest BCUT2D eigenvalue weighted by Crippen LogP contribution is 2.24. The molecule has 1 fully saturated rings. The first-order valence-electron chi connectivity index (χ1n) is 8.48. The average molecular weight is 415 g/mol. The summed E-state index contributed by atoms with van der Waals surface area (Å²) in [6.45, 7) is 1.91. The highest BCUT2D eigenvalue weighted by molar-refractivity contribution is 9.10. The van der Waals surface area contributed by atoms with Crippen molar-refractivity contribution in [3.8, 4) is 0 Å². The zero-order valence-electron chi connectivity index (χ0n) is 14.2. The number of halogens is 1. The number of amides is 1. The average Bonchev–Trinajstić information content (AvgIpc) is 3.30. The van der Waals surface area contributed by atoms with E-state index in [9.17, 15) is 4.79 Å². The van der Waals surface area contributed by atoms with Crippen molar-refractivity contribution in [3.05, 3.63) is 64.5 Å². The Labute approximate surface area is 159 Å². The van der Waals surface area contributed by atoms with Crippen LogP contribution < -0.4 is 16.2 Å². The largest absolute Gasteiger partial charge is 0.345 e. The van der Waals surface area contributed by atoms with E-state index in [1.54, 1.807) is 0 Å². The quantitative estimate of drug-likeness (QED) is 0.609. The summed E-state index contributed by atoms with van der Waals surface area (Å²) in [5.41, 5.74) is 8.20. The van der Waals surface area contributed by atoms with Gasteiger partial charge in [-0.15, -0.1) is 10.2 Å². The van der Waals surface area contributed by atoms with Gasteiger partial charge in [-0.05, 0) is 43.2 Å². The Morgan fingerprint density at radius 1 is 1.23 bits per heavy atom. The molecule has 3 N–H and O–H groups in total. The van der Waals surface area contributed by atoms with Gasteiger partial charge in [-0.2, -0.15) is 0 Å². The van der Waals surface area contributed by atoms with Crippen LogP contribution in [-0.4, -0.2) is 26.5 Å². The van der Waals surface area contributed by atoms with Crippen LogP contribution in [0.3, 0.4) is 0 Å². The standard InChI is InChI=1S/C18H19BrN6O/c1-11(17-24-23-16-4-2-3-9-25(16)17)20-18(26)15-10-14(21-22-15)12-5-7-13(19)8-6-12/h2-9,11,14-15,21-22H,10H2,1H3,(H,20,26). The lowest BCUT2D eigenvalue weighted by molar-refractivity contribution is -0.123. The van der Waals surface area contributed by atoms with Crippen molar-refractivity contribution in [2.75, 3.05) is 0 Å². The normalized spacial score (nSPS) is 21.0. The van der Waals surface area contributed by atoms with Gasteiger partial charge >= 0.3 is 0 Å². The number of aromatic nitrogens is 3. The summed E-state index contributed by atoms with van der Waals surface area (Å²) in [5, 5.41) is 11.4. The number of carbonyl (C=O) groups excluding carboxylic acids is 1. The third-order valence-electron chi connectivity index (χ3n) is 4.58. The molecule has 3 atom stereocenters. The predicted molar refractivity (Wildman–Crippen MR) is 101 cm³/mol. The molecule has 3 aromatic rings. The summed E-state index contributed by atoms with van der Waals surface area (Å²) in [4.78, 5) is 12.6. The minimum absolute atomic E-state index is 0.0581. The molecule has 8 heteroatoms. The lowest BCUT2D eigenvalue weighted by Gasteiger charge is -2.15. The first kappa shape index (κ1) is 17.1. The number of nitrogens with zero attached hydrogens (tertiary/aromatic N) is 3. The third kappa shape index (κ3) is 3.35. The number of rotatable bonds is 4. The van der Waals surface area contributed by atoms with Gasteiger partial charge in [0, 0.05) is 16.7 Å². The van der Waals surface area contributed by atoms with Gasteiger partial charge in [-0.3, -0.25) is 9.20 Å². The molecule has 0 spiro atoms. The Morgan fingerprint density at radius 3 is 2.85 bits per heavy atom. The fraction of sp³-hybridized carbons (Fsp3) is 0.278. The summed E-state index contributed by atoms with van der Waals surface area (Å²) in [6.07, 6.45) is 2.58. The van der Waals surface area contributed by atoms with Gasteiger partial charge < -0.3 is 5.32 Å². The lowest BCUT2D eigenvalue weighted by atomic mass is 10.0. The molecule has 1 aliphatic heterocycles. The Bertz CT molecular complexity index is 925. The van der Waals surface area contributed by atoms with Crippen molar-refractivity contribution in [2.45, 2.75) is 31.5 Å². The Hall–Kier alpha value is -2.29. The summed E-state index contributed by atoms with van der Waals surface area (Å²) in [7, 11) is 0. The molecular weight excluding hydrogens is 396 g/mol. The molecule has 0 bridgehead atoms. The summed E-state index contributed by atoms with van der Waals surface area (Å²) in [6, 6.07) is 13.4. The number of hydrogen-bond donors (Lipinski definition) is 3. The maximum atomic E-state index is 12.6. The molecule has 0 saturated carbocycles. The van der Waals surface area contributed by atoms with E-state index in [0.717, 1.165) is 15.7 Å². The highest BCUT2D eigenvalue weighted by Gasteiger charge is 2.31. The smallest absolute Gasteiger partial charge is 0.239 e. The fourth-order valence-electron chi connectivity index (χ4n) is 3.18. The van der Waals surface area contributed by atoms with Crippen molar-refractivity contribution in [3.63, 3.8) is 0 Å². The molecule has 26 heavy (non-hydrogen) atoms. The van der Waals surface area contributed by atoms with Crippen molar-refractivity contribution in [1.29, 1.82) is 0 Å². The second kappa shape index (κ2) is 7.14. The van der Waals surface area contributed by atoms with E-state index in [1.165, 1.54) is 0 Å². The summed E-state index contributed by atoms with van der Waals surface area (Å²) in [5.74, 6) is 0.654. The molecule has 2 aromatic heterocycles. The molecule has 1 saturated heterocycles. The zero-order chi connectivity index (χ0) is 18.1. The van der Waals surface area contributed by atoms with E-state index >= 15 is 0 Å². The van der Waals surface area contributed by atoms with E-state index in [4.69, 9.17) is 0 Å². The van der Waals surface area contributed by atoms with E-state index in [0.29, 0.717) is 12.2 Å². The molecule has 3 heterocycles. The van der Waals surface area contributed by atoms with Gasteiger partial charge in [-0.1, -0.05) is 34.1 Å². The van der Waals surface area contributed by atoms with Crippen molar-refractivity contribution in [1.82, 2.24) is 30.8 Å². The molecule has 1 aromatic carbocycles. The number of hydrazine groups is 1. The van der Waals surface area contributed by atoms with Crippen molar-refractivity contribution in [2.24, 2.45) is 0 Å². The monoisotopic (exact) mass is 414 g/mol. The van der Waals surface area contributed by atoms with Crippen LogP contribution in [0.25, 0.3) is 5.65 Å². The van der Waals surface area contributed by atoms with E-state index in [2.05, 4.69) is 54.4 Å². The van der Waals surface area contributed by atoms with Crippen LogP contribution in [0.4, 0.5) is 0 Å². The molecular formula is C18H19BrN6O. The minimum Gasteiger partial charge on any atom is -0.345 e. The first-order valence-corrected chi connectivity index (χ1v) is 9.27. The van der Waals surface area contributed by atoms with Crippen LogP contribution in [0.1, 0.15) is 36.8 Å². The fourth-order valence-corrected chi connectivity index (χ4v) is 3.44. The van der Waals surface area contributed by atoms with Gasteiger partial charge in [0.05, 0.1) is 6.04 Å². The van der Waals surface area contributed by atoms with Gasteiger partial charge in [0.2, 0.25) is 5.91 Å². The maximum Gasteiger partial charge on any atom is 0.239 e. The summed E-state index contributed by atoms with van der Waals surface area (Å²) < 4.78 is 2.92. The second-order valence-electron chi connectivity index (χ2n) is 6.40. The van der Waals surface area contributed by atoms with Crippen LogP contribution in [-0.2, 0) is 4.79 Å². The number of pyridine rings is 1. The molecule has 4 rings (SSSR count). The lowest BCUT2D eigenvalue weighted by Crippen LogP contribution is -2.44. The Morgan fingerprint density at radius 2 is 2.04 bits per heavy atom. The van der Waals surface area contributed by atoms with E-state index < -0.39 is 0 Å². The third-order valence-corrected chi connectivity index (χ3v) is 5.11. The molecule has 0 aliphatic carbocycles.